The largest absolute Gasteiger partial charge is 0.490 e. The molecule has 0 radical (unpaired) electrons. The number of hydrazone groups is 1. The van der Waals surface area contributed by atoms with Crippen molar-refractivity contribution in [3.05, 3.63) is 75.7 Å². The lowest BCUT2D eigenvalue weighted by Crippen LogP contribution is -2.32. The standard InChI is InChI=1S/C30H31N3O7S/c1-4-38-23-16-19(12-14-22(23)40-29(36)20-9-7-6-8-10-20)17-31-33-27(35)26(34)32-28-25(30(37)39-5-2)21-13-11-18(3)15-24(21)41-28/h6-10,12,14,16-18H,4-5,11,13,15H2,1-3H3,(H,32,34)(H,33,35)/b31-17+. The van der Waals surface area contributed by atoms with E-state index in [0.717, 1.165) is 23.3 Å². The van der Waals surface area contributed by atoms with E-state index < -0.39 is 23.8 Å². The minimum atomic E-state index is -1.01. The molecule has 10 nitrogen and oxygen atoms in total. The van der Waals surface area contributed by atoms with Gasteiger partial charge in [0.05, 0.1) is 30.6 Å². The van der Waals surface area contributed by atoms with Gasteiger partial charge in [-0.25, -0.2) is 15.0 Å². The van der Waals surface area contributed by atoms with Gasteiger partial charge in [0.1, 0.15) is 5.00 Å². The van der Waals surface area contributed by atoms with Gasteiger partial charge in [-0.2, -0.15) is 5.10 Å². The minimum Gasteiger partial charge on any atom is -0.490 e. The number of amides is 2. The van der Waals surface area contributed by atoms with Crippen molar-refractivity contribution < 1.29 is 33.4 Å². The van der Waals surface area contributed by atoms with Crippen LogP contribution in [0.5, 0.6) is 11.5 Å². The van der Waals surface area contributed by atoms with Gasteiger partial charge in [-0.3, -0.25) is 9.59 Å². The normalized spacial score (nSPS) is 14.2. The van der Waals surface area contributed by atoms with Crippen molar-refractivity contribution in [2.75, 3.05) is 18.5 Å². The first-order valence-electron chi connectivity index (χ1n) is 13.3. The van der Waals surface area contributed by atoms with Crippen LogP contribution < -0.4 is 20.2 Å². The predicted octanol–water partition coefficient (Wildman–Crippen LogP) is 4.76. The van der Waals surface area contributed by atoms with Crippen LogP contribution in [0.2, 0.25) is 0 Å². The maximum absolute atomic E-state index is 12.7. The molecule has 2 aromatic carbocycles. The molecule has 0 bridgehead atoms. The Bertz CT molecular complexity index is 1470. The van der Waals surface area contributed by atoms with Gasteiger partial charge in [-0.1, -0.05) is 25.1 Å². The van der Waals surface area contributed by atoms with E-state index in [-0.39, 0.29) is 12.4 Å². The molecule has 0 fully saturated rings. The molecule has 41 heavy (non-hydrogen) atoms. The number of thiophene rings is 1. The SMILES string of the molecule is CCOC(=O)c1c(NC(=O)C(=O)N/N=C/c2ccc(OC(=O)c3ccccc3)c(OCC)c2)sc2c1CCC(C)C2. The Morgan fingerprint density at radius 2 is 1.78 bits per heavy atom. The summed E-state index contributed by atoms with van der Waals surface area (Å²) >= 11 is 1.30. The molecule has 4 rings (SSSR count). The Labute approximate surface area is 241 Å². The van der Waals surface area contributed by atoms with Gasteiger partial charge in [0.25, 0.3) is 0 Å². The summed E-state index contributed by atoms with van der Waals surface area (Å²) in [6, 6.07) is 13.3. The molecule has 1 aliphatic carbocycles. The number of hydrogen-bond donors (Lipinski definition) is 2. The van der Waals surface area contributed by atoms with Crippen LogP contribution in [-0.2, 0) is 27.2 Å². The summed E-state index contributed by atoms with van der Waals surface area (Å²) in [4.78, 5) is 51.3. The lowest BCUT2D eigenvalue weighted by molar-refractivity contribution is -0.136. The van der Waals surface area contributed by atoms with Gasteiger partial charge in [0.15, 0.2) is 11.5 Å². The molecule has 1 unspecified atom stereocenters. The molecule has 214 valence electrons. The molecular formula is C30H31N3O7S. The summed E-state index contributed by atoms with van der Waals surface area (Å²) in [5.74, 6) is -2.01. The quantitative estimate of drug-likeness (QED) is 0.123. The molecule has 2 N–H and O–H groups in total. The highest BCUT2D eigenvalue weighted by Gasteiger charge is 2.30. The van der Waals surface area contributed by atoms with E-state index in [1.54, 1.807) is 62.4 Å². The van der Waals surface area contributed by atoms with E-state index in [4.69, 9.17) is 14.2 Å². The first-order chi connectivity index (χ1) is 19.8. The molecule has 0 saturated heterocycles. The summed E-state index contributed by atoms with van der Waals surface area (Å²) in [6.07, 6.45) is 3.76. The molecule has 3 aromatic rings. The molecule has 0 spiro atoms. The van der Waals surface area contributed by atoms with Crippen molar-refractivity contribution in [2.45, 2.75) is 40.0 Å². The van der Waals surface area contributed by atoms with Crippen molar-refractivity contribution in [2.24, 2.45) is 11.0 Å². The van der Waals surface area contributed by atoms with Crippen molar-refractivity contribution in [3.63, 3.8) is 0 Å². The number of carbonyl (C=O) groups is 4. The number of fused-ring (bicyclic) bond motifs is 1. The Morgan fingerprint density at radius 1 is 1.00 bits per heavy atom. The number of carbonyl (C=O) groups excluding carboxylic acids is 4. The van der Waals surface area contributed by atoms with Gasteiger partial charge in [-0.05, 0) is 80.5 Å². The van der Waals surface area contributed by atoms with Crippen LogP contribution in [0.3, 0.4) is 0 Å². The summed E-state index contributed by atoms with van der Waals surface area (Å²) in [6.45, 7) is 6.17. The number of esters is 2. The Balaban J connectivity index is 1.42. The van der Waals surface area contributed by atoms with E-state index >= 15 is 0 Å². The lowest BCUT2D eigenvalue weighted by Gasteiger charge is -2.18. The molecule has 1 heterocycles. The fraction of sp³-hybridized carbons (Fsp3) is 0.300. The number of benzene rings is 2. The maximum Gasteiger partial charge on any atom is 0.343 e. The number of hydrogen-bond acceptors (Lipinski definition) is 9. The fourth-order valence-corrected chi connectivity index (χ4v) is 5.72. The zero-order chi connectivity index (χ0) is 29.4. The molecule has 0 saturated carbocycles. The van der Waals surface area contributed by atoms with Crippen LogP contribution >= 0.6 is 11.3 Å². The number of anilines is 1. The highest BCUT2D eigenvalue weighted by Crippen LogP contribution is 2.40. The fourth-order valence-electron chi connectivity index (χ4n) is 4.32. The van der Waals surface area contributed by atoms with E-state index in [1.165, 1.54) is 17.6 Å². The Kier molecular flexibility index (Phi) is 9.86. The van der Waals surface area contributed by atoms with Gasteiger partial charge >= 0.3 is 23.8 Å². The van der Waals surface area contributed by atoms with E-state index in [9.17, 15) is 19.2 Å². The predicted molar refractivity (Wildman–Crippen MR) is 155 cm³/mol. The van der Waals surface area contributed by atoms with E-state index in [2.05, 4.69) is 22.8 Å². The molecule has 1 aromatic heterocycles. The van der Waals surface area contributed by atoms with Crippen LogP contribution in [0.15, 0.2) is 53.6 Å². The zero-order valence-electron chi connectivity index (χ0n) is 23.0. The van der Waals surface area contributed by atoms with E-state index in [0.29, 0.717) is 46.4 Å². The number of nitrogens with zero attached hydrogens (tertiary/aromatic N) is 1. The van der Waals surface area contributed by atoms with Crippen LogP contribution in [0.1, 0.15) is 63.9 Å². The highest BCUT2D eigenvalue weighted by atomic mass is 32.1. The van der Waals surface area contributed by atoms with Crippen LogP contribution in [0.4, 0.5) is 5.00 Å². The average Bonchev–Trinajstić information content (AvgIpc) is 3.31. The monoisotopic (exact) mass is 577 g/mol. The number of ether oxygens (including phenoxy) is 3. The van der Waals surface area contributed by atoms with Gasteiger partial charge in [0, 0.05) is 4.88 Å². The Morgan fingerprint density at radius 3 is 2.51 bits per heavy atom. The lowest BCUT2D eigenvalue weighted by atomic mass is 9.88. The molecule has 11 heteroatoms. The molecule has 1 atom stereocenters. The third kappa shape index (κ3) is 7.37. The Hall–Kier alpha value is -4.51. The van der Waals surface area contributed by atoms with Crippen molar-refractivity contribution in [1.82, 2.24) is 5.43 Å². The third-order valence-electron chi connectivity index (χ3n) is 6.28. The van der Waals surface area contributed by atoms with Crippen LogP contribution in [0, 0.1) is 5.92 Å². The van der Waals surface area contributed by atoms with Crippen LogP contribution in [0.25, 0.3) is 0 Å². The van der Waals surface area contributed by atoms with Crippen molar-refractivity contribution >= 4 is 46.3 Å². The second-order valence-corrected chi connectivity index (χ2v) is 10.4. The number of nitrogens with one attached hydrogen (secondary N) is 2. The summed E-state index contributed by atoms with van der Waals surface area (Å²) in [5, 5.41) is 6.73. The summed E-state index contributed by atoms with van der Waals surface area (Å²) in [7, 11) is 0. The third-order valence-corrected chi connectivity index (χ3v) is 7.45. The topological polar surface area (TPSA) is 132 Å². The van der Waals surface area contributed by atoms with E-state index in [1.807, 2.05) is 0 Å². The number of rotatable bonds is 9. The second-order valence-electron chi connectivity index (χ2n) is 9.32. The molecule has 2 amide bonds. The smallest absolute Gasteiger partial charge is 0.343 e. The maximum atomic E-state index is 12.7. The molecule has 0 aliphatic heterocycles. The first-order valence-corrected chi connectivity index (χ1v) is 14.1. The second kappa shape index (κ2) is 13.7. The average molecular weight is 578 g/mol. The summed E-state index contributed by atoms with van der Waals surface area (Å²) < 4.78 is 16.3. The molecule has 1 aliphatic rings. The minimum absolute atomic E-state index is 0.198. The summed E-state index contributed by atoms with van der Waals surface area (Å²) in [5.41, 5.74) is 4.31. The van der Waals surface area contributed by atoms with Gasteiger partial charge < -0.3 is 19.5 Å². The zero-order valence-corrected chi connectivity index (χ0v) is 23.8. The molecular weight excluding hydrogens is 546 g/mol. The van der Waals surface area contributed by atoms with Crippen molar-refractivity contribution in [1.29, 1.82) is 0 Å². The van der Waals surface area contributed by atoms with Gasteiger partial charge in [-0.15, -0.1) is 11.3 Å². The first kappa shape index (κ1) is 29.5. The van der Waals surface area contributed by atoms with Crippen molar-refractivity contribution in [3.8, 4) is 11.5 Å². The van der Waals surface area contributed by atoms with Gasteiger partial charge in [0.2, 0.25) is 0 Å². The highest BCUT2D eigenvalue weighted by molar-refractivity contribution is 7.17. The van der Waals surface area contributed by atoms with Crippen LogP contribution in [-0.4, -0.2) is 43.2 Å².